The van der Waals surface area contributed by atoms with E-state index in [0.717, 1.165) is 34.0 Å². The summed E-state index contributed by atoms with van der Waals surface area (Å²) in [5.41, 5.74) is 3.09. The highest BCUT2D eigenvalue weighted by Gasteiger charge is 2.13. The van der Waals surface area contributed by atoms with Crippen molar-refractivity contribution in [1.29, 1.82) is 0 Å². The Labute approximate surface area is 162 Å². The van der Waals surface area contributed by atoms with Gasteiger partial charge in [-0.3, -0.25) is 4.79 Å². The van der Waals surface area contributed by atoms with Crippen molar-refractivity contribution in [1.82, 2.24) is 9.88 Å². The third-order valence-corrected chi connectivity index (χ3v) is 5.69. The lowest BCUT2D eigenvalue weighted by molar-refractivity contribution is -0.129. The summed E-state index contributed by atoms with van der Waals surface area (Å²) in [7, 11) is 1.84. The first kappa shape index (κ1) is 18.6. The number of hydrogen-bond donors (Lipinski definition) is 0. The third kappa shape index (κ3) is 4.93. The van der Waals surface area contributed by atoms with E-state index in [1.807, 2.05) is 49.0 Å². The number of aryl methyl sites for hydroxylation is 1. The standard InChI is InChI=1S/C20H22N2O2S2/c1-15-6-3-4-7-18(15)24-10-5-9-22(2)19(23)12-17-14-26-20(21-17)16-8-11-25-13-16/h3-4,6-8,11,13-14H,5,9-10,12H2,1-2H3. The average Bonchev–Trinajstić information content (AvgIpc) is 3.31. The maximum absolute atomic E-state index is 12.4. The molecule has 0 unspecified atom stereocenters. The molecule has 0 saturated carbocycles. The minimum absolute atomic E-state index is 0.0862. The zero-order chi connectivity index (χ0) is 18.4. The van der Waals surface area contributed by atoms with E-state index in [4.69, 9.17) is 4.74 Å². The van der Waals surface area contributed by atoms with Gasteiger partial charge in [-0.05, 0) is 36.4 Å². The highest BCUT2D eigenvalue weighted by Crippen LogP contribution is 2.26. The molecule has 3 aromatic rings. The van der Waals surface area contributed by atoms with Crippen LogP contribution in [0.5, 0.6) is 5.75 Å². The molecule has 0 radical (unpaired) electrons. The number of thiophene rings is 1. The molecule has 0 saturated heterocycles. The molecule has 0 aliphatic carbocycles. The van der Waals surface area contributed by atoms with Crippen LogP contribution in [0.1, 0.15) is 17.7 Å². The molecule has 2 aromatic heterocycles. The highest BCUT2D eigenvalue weighted by atomic mass is 32.1. The van der Waals surface area contributed by atoms with E-state index in [2.05, 4.69) is 16.4 Å². The summed E-state index contributed by atoms with van der Waals surface area (Å²) in [6.45, 7) is 3.30. The molecule has 2 heterocycles. The van der Waals surface area contributed by atoms with Crippen LogP contribution in [0.25, 0.3) is 10.6 Å². The second kappa shape index (κ2) is 8.96. The smallest absolute Gasteiger partial charge is 0.228 e. The molecule has 4 nitrogen and oxygen atoms in total. The van der Waals surface area contributed by atoms with Gasteiger partial charge in [0.1, 0.15) is 10.8 Å². The predicted molar refractivity (Wildman–Crippen MR) is 108 cm³/mol. The van der Waals surface area contributed by atoms with E-state index in [9.17, 15) is 4.79 Å². The number of aromatic nitrogens is 1. The van der Waals surface area contributed by atoms with Crippen LogP contribution in [0.15, 0.2) is 46.5 Å². The van der Waals surface area contributed by atoms with E-state index >= 15 is 0 Å². The lowest BCUT2D eigenvalue weighted by Crippen LogP contribution is -2.30. The SMILES string of the molecule is Cc1ccccc1OCCCN(C)C(=O)Cc1csc(-c2ccsc2)n1. The summed E-state index contributed by atoms with van der Waals surface area (Å²) in [5, 5.41) is 7.06. The van der Waals surface area contributed by atoms with E-state index in [1.54, 1.807) is 27.6 Å². The predicted octanol–water partition coefficient (Wildman–Crippen LogP) is 4.65. The molecule has 0 atom stereocenters. The zero-order valence-electron chi connectivity index (χ0n) is 15.0. The van der Waals surface area contributed by atoms with Gasteiger partial charge in [-0.15, -0.1) is 11.3 Å². The van der Waals surface area contributed by atoms with Crippen LogP contribution in [0.3, 0.4) is 0 Å². The monoisotopic (exact) mass is 386 g/mol. The van der Waals surface area contributed by atoms with Gasteiger partial charge < -0.3 is 9.64 Å². The van der Waals surface area contributed by atoms with E-state index in [1.165, 1.54) is 0 Å². The Morgan fingerprint density at radius 3 is 2.85 bits per heavy atom. The van der Waals surface area contributed by atoms with Crippen LogP contribution in [-0.2, 0) is 11.2 Å². The van der Waals surface area contributed by atoms with Gasteiger partial charge in [0.25, 0.3) is 0 Å². The lowest BCUT2D eigenvalue weighted by atomic mass is 10.2. The van der Waals surface area contributed by atoms with Gasteiger partial charge >= 0.3 is 0 Å². The first-order chi connectivity index (χ1) is 12.6. The van der Waals surface area contributed by atoms with E-state index in [0.29, 0.717) is 19.6 Å². The van der Waals surface area contributed by atoms with Gasteiger partial charge in [-0.25, -0.2) is 4.98 Å². The molecule has 6 heteroatoms. The number of rotatable bonds is 8. The van der Waals surface area contributed by atoms with Crippen molar-refractivity contribution in [2.75, 3.05) is 20.2 Å². The fourth-order valence-electron chi connectivity index (χ4n) is 2.52. The minimum Gasteiger partial charge on any atom is -0.493 e. The largest absolute Gasteiger partial charge is 0.493 e. The molecule has 0 fully saturated rings. The molecular weight excluding hydrogens is 364 g/mol. The average molecular weight is 387 g/mol. The van der Waals surface area contributed by atoms with Crippen molar-refractivity contribution in [3.63, 3.8) is 0 Å². The number of hydrogen-bond acceptors (Lipinski definition) is 5. The summed E-state index contributed by atoms with van der Waals surface area (Å²) in [5.74, 6) is 0.993. The molecule has 0 aliphatic rings. The Morgan fingerprint density at radius 1 is 1.23 bits per heavy atom. The fraction of sp³-hybridized carbons (Fsp3) is 0.300. The molecule has 1 amide bonds. The quantitative estimate of drug-likeness (QED) is 0.529. The number of para-hydroxylation sites is 1. The fourth-order valence-corrected chi connectivity index (χ4v) is 4.06. The molecule has 26 heavy (non-hydrogen) atoms. The number of carbonyl (C=O) groups excluding carboxylic acids is 1. The van der Waals surface area contributed by atoms with Gasteiger partial charge in [0.15, 0.2) is 0 Å². The summed E-state index contributed by atoms with van der Waals surface area (Å²) >= 11 is 3.24. The van der Waals surface area contributed by atoms with Gasteiger partial charge in [0.05, 0.1) is 18.7 Å². The molecule has 0 aliphatic heterocycles. The van der Waals surface area contributed by atoms with Crippen molar-refractivity contribution in [2.24, 2.45) is 0 Å². The molecular formula is C20H22N2O2S2. The van der Waals surface area contributed by atoms with Crippen LogP contribution in [-0.4, -0.2) is 36.0 Å². The van der Waals surface area contributed by atoms with Gasteiger partial charge in [-0.2, -0.15) is 11.3 Å². The first-order valence-corrected chi connectivity index (χ1v) is 10.3. The number of nitrogens with zero attached hydrogens (tertiary/aromatic N) is 2. The third-order valence-electron chi connectivity index (χ3n) is 4.07. The highest BCUT2D eigenvalue weighted by molar-refractivity contribution is 7.14. The number of carbonyl (C=O) groups is 1. The molecule has 136 valence electrons. The second-order valence-corrected chi connectivity index (χ2v) is 7.75. The number of likely N-dealkylation sites (N-methyl/N-ethyl adjacent to an activating group) is 1. The van der Waals surface area contributed by atoms with Crippen LogP contribution in [0.4, 0.5) is 0 Å². The van der Waals surface area contributed by atoms with Gasteiger partial charge in [0.2, 0.25) is 5.91 Å². The molecule has 0 N–H and O–H groups in total. The van der Waals surface area contributed by atoms with Crippen molar-refractivity contribution in [3.05, 3.63) is 57.7 Å². The Hall–Kier alpha value is -2.18. The summed E-state index contributed by atoms with van der Waals surface area (Å²) in [6, 6.07) is 10.0. The molecule has 0 bridgehead atoms. The Balaban J connectivity index is 1.42. The van der Waals surface area contributed by atoms with Gasteiger partial charge in [0, 0.05) is 29.9 Å². The minimum atomic E-state index is 0.0862. The van der Waals surface area contributed by atoms with Gasteiger partial charge in [-0.1, -0.05) is 18.2 Å². The van der Waals surface area contributed by atoms with Crippen LogP contribution >= 0.6 is 22.7 Å². The van der Waals surface area contributed by atoms with Crippen molar-refractivity contribution >= 4 is 28.6 Å². The summed E-state index contributed by atoms with van der Waals surface area (Å²) in [4.78, 5) is 18.7. The zero-order valence-corrected chi connectivity index (χ0v) is 16.6. The Kier molecular flexibility index (Phi) is 6.41. The maximum atomic E-state index is 12.4. The molecule has 1 aromatic carbocycles. The van der Waals surface area contributed by atoms with Crippen LogP contribution in [0.2, 0.25) is 0 Å². The number of ether oxygens (including phenoxy) is 1. The van der Waals surface area contributed by atoms with Crippen molar-refractivity contribution in [3.8, 4) is 16.3 Å². The number of benzene rings is 1. The number of thiazole rings is 1. The lowest BCUT2D eigenvalue weighted by Gasteiger charge is -2.17. The van der Waals surface area contributed by atoms with Crippen molar-refractivity contribution in [2.45, 2.75) is 19.8 Å². The van der Waals surface area contributed by atoms with E-state index < -0.39 is 0 Å². The first-order valence-electron chi connectivity index (χ1n) is 8.53. The second-order valence-electron chi connectivity index (χ2n) is 6.12. The summed E-state index contributed by atoms with van der Waals surface area (Å²) < 4.78 is 5.78. The van der Waals surface area contributed by atoms with E-state index in [-0.39, 0.29) is 5.91 Å². The van der Waals surface area contributed by atoms with Crippen LogP contribution in [0, 0.1) is 6.92 Å². The maximum Gasteiger partial charge on any atom is 0.228 e. The molecule has 0 spiro atoms. The Bertz CT molecular complexity index is 843. The Morgan fingerprint density at radius 2 is 2.08 bits per heavy atom. The normalized spacial score (nSPS) is 10.7. The summed E-state index contributed by atoms with van der Waals surface area (Å²) in [6.07, 6.45) is 1.14. The van der Waals surface area contributed by atoms with Crippen molar-refractivity contribution < 1.29 is 9.53 Å². The topological polar surface area (TPSA) is 42.4 Å². The van der Waals surface area contributed by atoms with Crippen LogP contribution < -0.4 is 4.74 Å². The molecule has 3 rings (SSSR count). The number of amides is 1.